The van der Waals surface area contributed by atoms with Gasteiger partial charge in [0.05, 0.1) is 6.07 Å². The van der Waals surface area contributed by atoms with Crippen LogP contribution in [0.3, 0.4) is 0 Å². The predicted molar refractivity (Wildman–Crippen MR) is 61.0 cm³/mol. The molecule has 1 saturated carbocycles. The van der Waals surface area contributed by atoms with Gasteiger partial charge in [0.15, 0.2) is 0 Å². The first kappa shape index (κ1) is 13.5. The Morgan fingerprint density at radius 3 is 2.59 bits per heavy atom. The van der Waals surface area contributed by atoms with Crippen molar-refractivity contribution >= 4 is 11.9 Å². The number of rotatable bonds is 6. The van der Waals surface area contributed by atoms with Gasteiger partial charge >= 0.3 is 5.97 Å². The van der Waals surface area contributed by atoms with Crippen LogP contribution >= 0.6 is 0 Å². The van der Waals surface area contributed by atoms with Gasteiger partial charge in [-0.15, -0.1) is 0 Å². The Labute approximate surface area is 101 Å². The van der Waals surface area contributed by atoms with Crippen molar-refractivity contribution in [2.24, 2.45) is 5.92 Å². The van der Waals surface area contributed by atoms with E-state index in [9.17, 15) is 9.59 Å². The number of nitrogens with zero attached hydrogens (tertiary/aromatic N) is 1. The Kier molecular flexibility index (Phi) is 5.47. The number of amides is 1. The summed E-state index contributed by atoms with van der Waals surface area (Å²) in [5.41, 5.74) is 0. The average Bonchev–Trinajstić information content (AvgIpc) is 2.76. The van der Waals surface area contributed by atoms with E-state index in [4.69, 9.17) is 10.4 Å². The molecule has 0 aromatic rings. The third-order valence-electron chi connectivity index (χ3n) is 3.13. The van der Waals surface area contributed by atoms with Gasteiger partial charge in [0.25, 0.3) is 0 Å². The number of carbonyl (C=O) groups excluding carboxylic acids is 1. The Balaban J connectivity index is 2.35. The van der Waals surface area contributed by atoms with Crippen molar-refractivity contribution in [3.05, 3.63) is 0 Å². The molecule has 0 heterocycles. The number of hydrogen-bond acceptors (Lipinski definition) is 3. The lowest BCUT2D eigenvalue weighted by atomic mass is 10.0. The molecule has 0 aliphatic heterocycles. The second-order valence-corrected chi connectivity index (χ2v) is 4.51. The minimum atomic E-state index is -1.07. The topological polar surface area (TPSA) is 90.2 Å². The van der Waals surface area contributed by atoms with Crippen LogP contribution < -0.4 is 5.32 Å². The number of carboxylic acid groups (broad SMARTS) is 1. The number of carboxylic acids is 1. The summed E-state index contributed by atoms with van der Waals surface area (Å²) in [7, 11) is 0. The van der Waals surface area contributed by atoms with Crippen molar-refractivity contribution in [3.63, 3.8) is 0 Å². The molecule has 0 unspecified atom stereocenters. The monoisotopic (exact) mass is 238 g/mol. The molecule has 1 amide bonds. The molecular formula is C12H18N2O3. The molecule has 0 bridgehead atoms. The molecule has 94 valence electrons. The number of aliphatic carboxylic acids is 1. The van der Waals surface area contributed by atoms with Gasteiger partial charge in [-0.05, 0) is 25.2 Å². The summed E-state index contributed by atoms with van der Waals surface area (Å²) in [4.78, 5) is 22.5. The third-order valence-corrected chi connectivity index (χ3v) is 3.13. The maximum absolute atomic E-state index is 11.6. The fourth-order valence-corrected chi connectivity index (χ4v) is 2.20. The molecule has 0 radical (unpaired) electrons. The summed E-state index contributed by atoms with van der Waals surface area (Å²) in [5, 5.41) is 19.8. The zero-order valence-corrected chi connectivity index (χ0v) is 9.82. The second-order valence-electron chi connectivity index (χ2n) is 4.51. The third kappa shape index (κ3) is 4.85. The summed E-state index contributed by atoms with van der Waals surface area (Å²) < 4.78 is 0. The maximum Gasteiger partial charge on any atom is 0.326 e. The molecule has 5 nitrogen and oxygen atoms in total. The molecule has 1 fully saturated rings. The van der Waals surface area contributed by atoms with E-state index in [0.717, 1.165) is 25.7 Å². The molecule has 1 aliphatic carbocycles. The lowest BCUT2D eigenvalue weighted by molar-refractivity contribution is -0.142. The van der Waals surface area contributed by atoms with Crippen LogP contribution in [0.4, 0.5) is 0 Å². The van der Waals surface area contributed by atoms with Gasteiger partial charge in [-0.1, -0.05) is 12.8 Å². The summed E-state index contributed by atoms with van der Waals surface area (Å²) in [5.74, 6) is -0.873. The lowest BCUT2D eigenvalue weighted by Gasteiger charge is -2.14. The average molecular weight is 238 g/mol. The van der Waals surface area contributed by atoms with E-state index in [1.165, 1.54) is 0 Å². The molecule has 1 rings (SSSR count). The Morgan fingerprint density at radius 2 is 2.06 bits per heavy atom. The fourth-order valence-electron chi connectivity index (χ4n) is 2.20. The standard InChI is InChI=1S/C12H18N2O3/c13-7-3-6-10(12(16)17)14-11(15)8-9-4-1-2-5-9/h9-10H,1-6,8H2,(H,14,15)(H,16,17)/t10-/m1/s1. The quantitative estimate of drug-likeness (QED) is 0.732. The molecule has 0 spiro atoms. The predicted octanol–water partition coefficient (Wildman–Crippen LogP) is 1.44. The first-order chi connectivity index (χ1) is 8.13. The summed E-state index contributed by atoms with van der Waals surface area (Å²) in [6.07, 6.45) is 5.16. The van der Waals surface area contributed by atoms with Gasteiger partial charge in [0.1, 0.15) is 6.04 Å². The first-order valence-electron chi connectivity index (χ1n) is 6.02. The van der Waals surface area contributed by atoms with E-state index in [0.29, 0.717) is 12.3 Å². The van der Waals surface area contributed by atoms with Crippen LogP contribution in [0, 0.1) is 17.2 Å². The number of nitriles is 1. The van der Waals surface area contributed by atoms with Crippen molar-refractivity contribution in [2.75, 3.05) is 0 Å². The maximum atomic E-state index is 11.6. The smallest absolute Gasteiger partial charge is 0.326 e. The highest BCUT2D eigenvalue weighted by molar-refractivity contribution is 5.83. The molecule has 0 saturated heterocycles. The molecule has 0 aromatic heterocycles. The van der Waals surface area contributed by atoms with E-state index >= 15 is 0 Å². The molecular weight excluding hydrogens is 220 g/mol. The first-order valence-corrected chi connectivity index (χ1v) is 6.02. The van der Waals surface area contributed by atoms with Crippen molar-refractivity contribution in [1.29, 1.82) is 5.26 Å². The van der Waals surface area contributed by atoms with E-state index in [1.807, 2.05) is 6.07 Å². The zero-order valence-electron chi connectivity index (χ0n) is 9.82. The van der Waals surface area contributed by atoms with Crippen LogP contribution in [0.5, 0.6) is 0 Å². The van der Waals surface area contributed by atoms with E-state index in [1.54, 1.807) is 0 Å². The Hall–Kier alpha value is -1.57. The van der Waals surface area contributed by atoms with Crippen LogP contribution in [0.1, 0.15) is 44.9 Å². The summed E-state index contributed by atoms with van der Waals surface area (Å²) in [6, 6.07) is 0.958. The minimum absolute atomic E-state index is 0.140. The van der Waals surface area contributed by atoms with Gasteiger partial charge in [-0.25, -0.2) is 4.79 Å². The van der Waals surface area contributed by atoms with Gasteiger partial charge in [0, 0.05) is 12.8 Å². The van der Waals surface area contributed by atoms with Gasteiger partial charge in [-0.3, -0.25) is 4.79 Å². The van der Waals surface area contributed by atoms with E-state index in [-0.39, 0.29) is 18.7 Å². The largest absolute Gasteiger partial charge is 0.480 e. The SMILES string of the molecule is N#CCC[C@@H](NC(=O)CC1CCCC1)C(=O)O. The van der Waals surface area contributed by atoms with E-state index < -0.39 is 12.0 Å². The highest BCUT2D eigenvalue weighted by atomic mass is 16.4. The van der Waals surface area contributed by atoms with Crippen LogP contribution in [0.15, 0.2) is 0 Å². The number of nitrogens with one attached hydrogen (secondary N) is 1. The fraction of sp³-hybridized carbons (Fsp3) is 0.750. The second kappa shape index (κ2) is 6.89. The Bertz CT molecular complexity index is 316. The van der Waals surface area contributed by atoms with Crippen LogP contribution in [-0.2, 0) is 9.59 Å². The Morgan fingerprint density at radius 1 is 1.41 bits per heavy atom. The molecule has 1 atom stereocenters. The highest BCUT2D eigenvalue weighted by Crippen LogP contribution is 2.27. The van der Waals surface area contributed by atoms with Gasteiger partial charge in [-0.2, -0.15) is 5.26 Å². The van der Waals surface area contributed by atoms with Crippen LogP contribution in [0.25, 0.3) is 0 Å². The van der Waals surface area contributed by atoms with Crippen molar-refractivity contribution in [1.82, 2.24) is 5.32 Å². The lowest BCUT2D eigenvalue weighted by Crippen LogP contribution is -2.41. The van der Waals surface area contributed by atoms with Crippen LogP contribution in [-0.4, -0.2) is 23.0 Å². The molecule has 5 heteroatoms. The molecule has 17 heavy (non-hydrogen) atoms. The van der Waals surface area contributed by atoms with Crippen molar-refractivity contribution in [3.8, 4) is 6.07 Å². The zero-order chi connectivity index (χ0) is 12.7. The molecule has 1 aliphatic rings. The summed E-state index contributed by atoms with van der Waals surface area (Å²) in [6.45, 7) is 0. The highest BCUT2D eigenvalue weighted by Gasteiger charge is 2.23. The summed E-state index contributed by atoms with van der Waals surface area (Å²) >= 11 is 0. The van der Waals surface area contributed by atoms with Crippen molar-refractivity contribution < 1.29 is 14.7 Å². The van der Waals surface area contributed by atoms with Crippen molar-refractivity contribution in [2.45, 2.75) is 51.0 Å². The van der Waals surface area contributed by atoms with E-state index in [2.05, 4.69) is 5.32 Å². The number of carbonyl (C=O) groups is 2. The minimum Gasteiger partial charge on any atom is -0.480 e. The van der Waals surface area contributed by atoms with Crippen LogP contribution in [0.2, 0.25) is 0 Å². The van der Waals surface area contributed by atoms with Gasteiger partial charge in [0.2, 0.25) is 5.91 Å². The normalized spacial score (nSPS) is 17.4. The molecule has 0 aromatic carbocycles. The van der Waals surface area contributed by atoms with Gasteiger partial charge < -0.3 is 10.4 Å². The molecule has 2 N–H and O–H groups in total. The number of hydrogen-bond donors (Lipinski definition) is 2.